The van der Waals surface area contributed by atoms with E-state index in [9.17, 15) is 0 Å². The highest BCUT2D eigenvalue weighted by molar-refractivity contribution is 4.98. The van der Waals surface area contributed by atoms with Crippen LogP contribution in [0.3, 0.4) is 0 Å². The average molecular weight is 238 g/mol. The summed E-state index contributed by atoms with van der Waals surface area (Å²) in [6.45, 7) is 9.73. The Morgan fingerprint density at radius 3 is 2.65 bits per heavy atom. The van der Waals surface area contributed by atoms with Crippen LogP contribution in [0.1, 0.15) is 33.0 Å². The molecule has 1 aromatic heterocycles. The van der Waals surface area contributed by atoms with Gasteiger partial charge in [-0.2, -0.15) is 0 Å². The van der Waals surface area contributed by atoms with Crippen molar-refractivity contribution in [2.24, 2.45) is 5.92 Å². The van der Waals surface area contributed by atoms with Crippen molar-refractivity contribution in [1.82, 2.24) is 10.2 Å². The van der Waals surface area contributed by atoms with Gasteiger partial charge in [-0.25, -0.2) is 0 Å². The smallest absolute Gasteiger partial charge is 0.117 e. The lowest BCUT2D eigenvalue weighted by atomic mass is 10.1. The zero-order valence-corrected chi connectivity index (χ0v) is 11.6. The molecule has 0 aliphatic rings. The molecule has 0 aliphatic heterocycles. The van der Waals surface area contributed by atoms with Crippen LogP contribution in [-0.2, 0) is 6.54 Å². The summed E-state index contributed by atoms with van der Waals surface area (Å²) in [6.07, 6.45) is 2.89. The first-order chi connectivity index (χ1) is 8.13. The molecule has 3 nitrogen and oxygen atoms in total. The van der Waals surface area contributed by atoms with E-state index >= 15 is 0 Å². The quantitative estimate of drug-likeness (QED) is 0.755. The predicted molar refractivity (Wildman–Crippen MR) is 72.0 cm³/mol. The van der Waals surface area contributed by atoms with Gasteiger partial charge in [0.2, 0.25) is 0 Å². The Morgan fingerprint density at radius 1 is 1.35 bits per heavy atom. The third-order valence-electron chi connectivity index (χ3n) is 3.01. The molecule has 1 aromatic rings. The van der Waals surface area contributed by atoms with Crippen molar-refractivity contribution < 1.29 is 4.42 Å². The molecule has 17 heavy (non-hydrogen) atoms. The monoisotopic (exact) mass is 238 g/mol. The second-order valence-electron chi connectivity index (χ2n) is 5.11. The Balaban J connectivity index is 2.33. The summed E-state index contributed by atoms with van der Waals surface area (Å²) in [6, 6.07) is 4.55. The molecule has 0 aliphatic carbocycles. The van der Waals surface area contributed by atoms with E-state index in [0.29, 0.717) is 12.0 Å². The zero-order chi connectivity index (χ0) is 12.7. The van der Waals surface area contributed by atoms with Crippen LogP contribution < -0.4 is 5.32 Å². The normalized spacial score (nSPS) is 13.5. The molecule has 1 heterocycles. The van der Waals surface area contributed by atoms with Crippen LogP contribution in [0.25, 0.3) is 0 Å². The van der Waals surface area contributed by atoms with Crippen LogP contribution in [0.4, 0.5) is 0 Å². The largest absolute Gasteiger partial charge is 0.468 e. The van der Waals surface area contributed by atoms with Crippen molar-refractivity contribution >= 4 is 0 Å². The van der Waals surface area contributed by atoms with E-state index in [1.54, 1.807) is 6.26 Å². The minimum absolute atomic E-state index is 0.568. The lowest BCUT2D eigenvalue weighted by Gasteiger charge is -2.27. The topological polar surface area (TPSA) is 28.4 Å². The fraction of sp³-hybridized carbons (Fsp3) is 0.714. The number of nitrogens with zero attached hydrogens (tertiary/aromatic N) is 1. The van der Waals surface area contributed by atoms with Crippen LogP contribution in [0.15, 0.2) is 22.8 Å². The molecule has 1 rings (SSSR count). The molecule has 1 atom stereocenters. The first-order valence-electron chi connectivity index (χ1n) is 6.56. The van der Waals surface area contributed by atoms with Gasteiger partial charge in [-0.05, 0) is 38.1 Å². The van der Waals surface area contributed by atoms with Gasteiger partial charge in [-0.3, -0.25) is 4.90 Å². The van der Waals surface area contributed by atoms with E-state index in [2.05, 4.69) is 38.0 Å². The Morgan fingerprint density at radius 2 is 2.12 bits per heavy atom. The minimum Gasteiger partial charge on any atom is -0.468 e. The summed E-state index contributed by atoms with van der Waals surface area (Å²) in [4.78, 5) is 2.35. The average Bonchev–Trinajstić information content (AvgIpc) is 2.76. The Hall–Kier alpha value is -0.800. The maximum absolute atomic E-state index is 5.38. The SMILES string of the molecule is CCC(CNCC(C)C)N(C)Cc1ccco1. The molecular weight excluding hydrogens is 212 g/mol. The summed E-state index contributed by atoms with van der Waals surface area (Å²) in [5.74, 6) is 1.75. The maximum atomic E-state index is 5.38. The molecule has 0 radical (unpaired) electrons. The molecular formula is C14H26N2O. The van der Waals surface area contributed by atoms with Crippen molar-refractivity contribution in [1.29, 1.82) is 0 Å². The van der Waals surface area contributed by atoms with E-state index in [0.717, 1.165) is 31.8 Å². The van der Waals surface area contributed by atoms with Gasteiger partial charge < -0.3 is 9.73 Å². The van der Waals surface area contributed by atoms with Gasteiger partial charge in [0.25, 0.3) is 0 Å². The molecule has 0 saturated carbocycles. The lowest BCUT2D eigenvalue weighted by molar-refractivity contribution is 0.204. The summed E-state index contributed by atoms with van der Waals surface area (Å²) >= 11 is 0. The number of hydrogen-bond donors (Lipinski definition) is 1. The van der Waals surface area contributed by atoms with Gasteiger partial charge in [0.05, 0.1) is 12.8 Å². The molecule has 0 amide bonds. The fourth-order valence-electron chi connectivity index (χ4n) is 1.93. The van der Waals surface area contributed by atoms with Crippen LogP contribution in [0.2, 0.25) is 0 Å². The number of nitrogens with one attached hydrogen (secondary N) is 1. The molecule has 1 unspecified atom stereocenters. The Labute approximate surface area is 105 Å². The summed E-state index contributed by atoms with van der Waals surface area (Å²) in [5, 5.41) is 3.52. The van der Waals surface area contributed by atoms with Crippen molar-refractivity contribution in [3.8, 4) is 0 Å². The van der Waals surface area contributed by atoms with E-state index in [4.69, 9.17) is 4.42 Å². The van der Waals surface area contributed by atoms with Crippen LogP contribution in [0, 0.1) is 5.92 Å². The van der Waals surface area contributed by atoms with Crippen molar-refractivity contribution in [3.05, 3.63) is 24.2 Å². The molecule has 3 heteroatoms. The summed E-state index contributed by atoms with van der Waals surface area (Å²) in [7, 11) is 2.16. The molecule has 0 fully saturated rings. The molecule has 0 saturated heterocycles. The molecule has 1 N–H and O–H groups in total. The van der Waals surface area contributed by atoms with Gasteiger partial charge >= 0.3 is 0 Å². The van der Waals surface area contributed by atoms with Gasteiger partial charge in [-0.1, -0.05) is 20.8 Å². The van der Waals surface area contributed by atoms with Gasteiger partial charge in [0.1, 0.15) is 5.76 Å². The lowest BCUT2D eigenvalue weighted by Crippen LogP contribution is -2.40. The predicted octanol–water partition coefficient (Wildman–Crippen LogP) is 2.74. The highest BCUT2D eigenvalue weighted by Gasteiger charge is 2.13. The highest BCUT2D eigenvalue weighted by atomic mass is 16.3. The summed E-state index contributed by atoms with van der Waals surface area (Å²) in [5.41, 5.74) is 0. The van der Waals surface area contributed by atoms with Gasteiger partial charge in [0, 0.05) is 12.6 Å². The molecule has 0 aromatic carbocycles. The van der Waals surface area contributed by atoms with Gasteiger partial charge in [0.15, 0.2) is 0 Å². The fourth-order valence-corrected chi connectivity index (χ4v) is 1.93. The highest BCUT2D eigenvalue weighted by Crippen LogP contribution is 2.08. The number of furan rings is 1. The number of likely N-dealkylation sites (N-methyl/N-ethyl adjacent to an activating group) is 1. The molecule has 98 valence electrons. The second-order valence-corrected chi connectivity index (χ2v) is 5.11. The molecule has 0 bridgehead atoms. The van der Waals surface area contributed by atoms with Crippen LogP contribution >= 0.6 is 0 Å². The third kappa shape index (κ3) is 5.37. The van der Waals surface area contributed by atoms with Crippen LogP contribution in [0.5, 0.6) is 0 Å². The van der Waals surface area contributed by atoms with Crippen molar-refractivity contribution in [3.63, 3.8) is 0 Å². The van der Waals surface area contributed by atoms with E-state index in [1.807, 2.05) is 12.1 Å². The Kier molecular flexibility index (Phi) is 6.30. The second kappa shape index (κ2) is 7.51. The number of rotatable bonds is 8. The third-order valence-corrected chi connectivity index (χ3v) is 3.01. The number of hydrogen-bond acceptors (Lipinski definition) is 3. The van der Waals surface area contributed by atoms with Crippen molar-refractivity contribution in [2.75, 3.05) is 20.1 Å². The zero-order valence-electron chi connectivity index (χ0n) is 11.6. The van der Waals surface area contributed by atoms with E-state index in [1.165, 1.54) is 0 Å². The van der Waals surface area contributed by atoms with Crippen molar-refractivity contribution in [2.45, 2.75) is 39.8 Å². The Bertz CT molecular complexity index is 282. The first-order valence-corrected chi connectivity index (χ1v) is 6.56. The van der Waals surface area contributed by atoms with E-state index < -0.39 is 0 Å². The minimum atomic E-state index is 0.568. The van der Waals surface area contributed by atoms with E-state index in [-0.39, 0.29) is 0 Å². The summed E-state index contributed by atoms with van der Waals surface area (Å²) < 4.78 is 5.38. The molecule has 0 spiro atoms. The first kappa shape index (κ1) is 14.3. The van der Waals surface area contributed by atoms with Gasteiger partial charge in [-0.15, -0.1) is 0 Å². The standard InChI is InChI=1S/C14H26N2O/c1-5-13(10-15-9-12(2)3)16(4)11-14-7-6-8-17-14/h6-8,12-13,15H,5,9-11H2,1-4H3. The van der Waals surface area contributed by atoms with Crippen LogP contribution in [-0.4, -0.2) is 31.1 Å². The maximum Gasteiger partial charge on any atom is 0.117 e.